The highest BCUT2D eigenvalue weighted by Crippen LogP contribution is 2.26. The summed E-state index contributed by atoms with van der Waals surface area (Å²) in [6, 6.07) is 9.80. The molecule has 0 saturated carbocycles. The van der Waals surface area contributed by atoms with Crippen LogP contribution < -0.4 is 0 Å². The van der Waals surface area contributed by atoms with E-state index in [9.17, 15) is 4.79 Å². The molecule has 1 saturated heterocycles. The molecule has 140 valence electrons. The number of pyridine rings is 1. The first-order valence-electron chi connectivity index (χ1n) is 9.13. The molecule has 1 fully saturated rings. The number of carbonyl (C=O) groups is 1. The van der Waals surface area contributed by atoms with Crippen LogP contribution in [-0.2, 0) is 6.54 Å². The van der Waals surface area contributed by atoms with Gasteiger partial charge in [0.05, 0.1) is 11.8 Å². The van der Waals surface area contributed by atoms with Crippen LogP contribution in [-0.4, -0.2) is 46.9 Å². The Morgan fingerprint density at radius 1 is 1.19 bits per heavy atom. The number of aromatic nitrogens is 1. The number of hydrogen-bond acceptors (Lipinski definition) is 4. The highest BCUT2D eigenvalue weighted by Gasteiger charge is 2.24. The fraction of sp³-hybridized carbons (Fsp3) is 0.333. The van der Waals surface area contributed by atoms with E-state index in [0.29, 0.717) is 24.0 Å². The van der Waals surface area contributed by atoms with Crippen LogP contribution in [0.2, 0.25) is 5.15 Å². The molecule has 6 heteroatoms. The monoisotopic (exact) mass is 383 g/mol. The fourth-order valence-corrected chi connectivity index (χ4v) is 3.72. The lowest BCUT2D eigenvalue weighted by molar-refractivity contribution is 0.0598. The third kappa shape index (κ3) is 3.57. The van der Waals surface area contributed by atoms with E-state index in [1.54, 1.807) is 12.1 Å². The Labute approximate surface area is 163 Å². The van der Waals surface area contributed by atoms with Gasteiger partial charge in [0.15, 0.2) is 5.76 Å². The number of fused-ring (bicyclic) bond motifs is 1. The Kier molecular flexibility index (Phi) is 4.89. The summed E-state index contributed by atoms with van der Waals surface area (Å²) < 4.78 is 5.22. The molecule has 0 aliphatic carbocycles. The third-order valence-electron chi connectivity index (χ3n) is 5.32. The number of aryl methyl sites for hydroxylation is 2. The number of furan rings is 1. The van der Waals surface area contributed by atoms with Crippen LogP contribution in [0.5, 0.6) is 0 Å². The molecule has 0 radical (unpaired) electrons. The number of hydrogen-bond donors (Lipinski definition) is 0. The van der Waals surface area contributed by atoms with Gasteiger partial charge in [0.2, 0.25) is 0 Å². The van der Waals surface area contributed by atoms with E-state index in [-0.39, 0.29) is 5.91 Å². The number of amides is 1. The van der Waals surface area contributed by atoms with Crippen LogP contribution in [0.1, 0.15) is 27.2 Å². The largest absolute Gasteiger partial charge is 0.459 e. The average Bonchev–Trinajstić information content (AvgIpc) is 3.21. The van der Waals surface area contributed by atoms with Crippen molar-refractivity contribution in [2.75, 3.05) is 26.2 Å². The summed E-state index contributed by atoms with van der Waals surface area (Å²) in [6.45, 7) is 7.85. The Morgan fingerprint density at radius 2 is 1.96 bits per heavy atom. The van der Waals surface area contributed by atoms with Crippen molar-refractivity contribution in [1.82, 2.24) is 14.8 Å². The Hall–Kier alpha value is -2.37. The highest BCUT2D eigenvalue weighted by molar-refractivity contribution is 6.30. The Morgan fingerprint density at radius 3 is 2.67 bits per heavy atom. The normalized spacial score (nSPS) is 15.4. The van der Waals surface area contributed by atoms with E-state index in [2.05, 4.69) is 41.9 Å². The molecule has 3 heterocycles. The molecule has 1 aliphatic rings. The van der Waals surface area contributed by atoms with Gasteiger partial charge in [-0.15, -0.1) is 0 Å². The zero-order valence-corrected chi connectivity index (χ0v) is 16.3. The maximum atomic E-state index is 12.4. The van der Waals surface area contributed by atoms with Crippen LogP contribution in [0.15, 0.2) is 41.0 Å². The van der Waals surface area contributed by atoms with E-state index in [4.69, 9.17) is 16.0 Å². The Balaban J connectivity index is 1.45. The molecule has 0 bridgehead atoms. The lowest BCUT2D eigenvalue weighted by Gasteiger charge is -2.34. The summed E-state index contributed by atoms with van der Waals surface area (Å²) in [4.78, 5) is 21.2. The smallest absolute Gasteiger partial charge is 0.289 e. The van der Waals surface area contributed by atoms with Crippen LogP contribution >= 0.6 is 11.6 Å². The van der Waals surface area contributed by atoms with Crippen molar-refractivity contribution in [3.8, 4) is 0 Å². The predicted octanol–water partition coefficient (Wildman–Crippen LogP) is 4.06. The van der Waals surface area contributed by atoms with Crippen LogP contribution in [0.3, 0.4) is 0 Å². The van der Waals surface area contributed by atoms with Crippen molar-refractivity contribution >= 4 is 28.4 Å². The Bertz CT molecular complexity index is 977. The van der Waals surface area contributed by atoms with E-state index in [1.165, 1.54) is 17.4 Å². The summed E-state index contributed by atoms with van der Waals surface area (Å²) in [5, 5.41) is 1.68. The maximum Gasteiger partial charge on any atom is 0.289 e. The quantitative estimate of drug-likeness (QED) is 0.640. The summed E-state index contributed by atoms with van der Waals surface area (Å²) in [5.41, 5.74) is 4.39. The molecule has 1 aliphatic heterocycles. The first-order valence-corrected chi connectivity index (χ1v) is 9.51. The van der Waals surface area contributed by atoms with Gasteiger partial charge in [0.1, 0.15) is 5.15 Å². The van der Waals surface area contributed by atoms with Gasteiger partial charge in [-0.2, -0.15) is 0 Å². The van der Waals surface area contributed by atoms with Crippen LogP contribution in [0.4, 0.5) is 0 Å². The van der Waals surface area contributed by atoms with E-state index in [1.807, 2.05) is 4.90 Å². The molecule has 2 aromatic heterocycles. The topological polar surface area (TPSA) is 49.6 Å². The molecular weight excluding hydrogens is 362 g/mol. The fourth-order valence-electron chi connectivity index (χ4n) is 3.52. The van der Waals surface area contributed by atoms with Gasteiger partial charge >= 0.3 is 0 Å². The first kappa shape index (κ1) is 18.0. The molecule has 0 N–H and O–H groups in total. The number of piperazine rings is 1. The van der Waals surface area contributed by atoms with Gasteiger partial charge < -0.3 is 9.32 Å². The lowest BCUT2D eigenvalue weighted by Crippen LogP contribution is -2.48. The van der Waals surface area contributed by atoms with Crippen molar-refractivity contribution in [3.63, 3.8) is 0 Å². The summed E-state index contributed by atoms with van der Waals surface area (Å²) in [7, 11) is 0. The van der Waals surface area contributed by atoms with Gasteiger partial charge in [-0.25, -0.2) is 4.98 Å². The molecule has 4 rings (SSSR count). The van der Waals surface area contributed by atoms with Crippen LogP contribution in [0.25, 0.3) is 10.9 Å². The minimum absolute atomic E-state index is 0.0455. The van der Waals surface area contributed by atoms with Crippen molar-refractivity contribution < 1.29 is 9.21 Å². The number of rotatable bonds is 3. The molecular formula is C21H22ClN3O2. The molecule has 1 aromatic carbocycles. The maximum absolute atomic E-state index is 12.4. The van der Waals surface area contributed by atoms with Gasteiger partial charge in [-0.05, 0) is 43.2 Å². The second kappa shape index (κ2) is 7.33. The number of carbonyl (C=O) groups excluding carboxylic acids is 1. The number of benzene rings is 1. The van der Waals surface area contributed by atoms with Gasteiger partial charge in [-0.3, -0.25) is 9.69 Å². The highest BCUT2D eigenvalue weighted by atomic mass is 35.5. The predicted molar refractivity (Wildman–Crippen MR) is 106 cm³/mol. The zero-order valence-electron chi connectivity index (χ0n) is 15.5. The van der Waals surface area contributed by atoms with Crippen LogP contribution in [0, 0.1) is 13.8 Å². The van der Waals surface area contributed by atoms with Gasteiger partial charge in [-0.1, -0.05) is 23.7 Å². The van der Waals surface area contributed by atoms with Gasteiger partial charge in [0.25, 0.3) is 5.91 Å². The first-order chi connectivity index (χ1) is 13.0. The number of nitrogens with zero attached hydrogens (tertiary/aromatic N) is 3. The summed E-state index contributed by atoms with van der Waals surface area (Å²) >= 11 is 6.48. The molecule has 5 nitrogen and oxygen atoms in total. The molecule has 27 heavy (non-hydrogen) atoms. The minimum Gasteiger partial charge on any atom is -0.459 e. The third-order valence-corrected chi connectivity index (χ3v) is 5.65. The second-order valence-electron chi connectivity index (χ2n) is 7.06. The molecule has 0 unspecified atom stereocenters. The average molecular weight is 384 g/mol. The summed E-state index contributed by atoms with van der Waals surface area (Å²) in [6.07, 6.45) is 1.53. The molecule has 0 spiro atoms. The second-order valence-corrected chi connectivity index (χ2v) is 7.42. The van der Waals surface area contributed by atoms with E-state index < -0.39 is 0 Å². The van der Waals surface area contributed by atoms with Gasteiger partial charge in [0, 0.05) is 43.7 Å². The SMILES string of the molecule is Cc1ccc2cc(CN3CCN(C(=O)c4ccco4)CC3)c(Cl)nc2c1C. The molecule has 1 amide bonds. The minimum atomic E-state index is -0.0455. The zero-order chi connectivity index (χ0) is 19.0. The molecule has 3 aromatic rings. The summed E-state index contributed by atoms with van der Waals surface area (Å²) in [5.74, 6) is 0.354. The molecule has 0 atom stereocenters. The van der Waals surface area contributed by atoms with Crippen molar-refractivity contribution in [3.05, 3.63) is 64.2 Å². The standard InChI is InChI=1S/C21H22ClN3O2/c1-14-5-6-16-12-17(20(22)23-19(16)15(14)2)13-24-7-9-25(10-8-24)21(26)18-4-3-11-27-18/h3-6,11-12H,7-10,13H2,1-2H3. The lowest BCUT2D eigenvalue weighted by atomic mass is 10.0. The van der Waals surface area contributed by atoms with Crippen molar-refractivity contribution in [1.29, 1.82) is 0 Å². The number of halogens is 1. The van der Waals surface area contributed by atoms with E-state index in [0.717, 1.165) is 36.1 Å². The van der Waals surface area contributed by atoms with Crippen molar-refractivity contribution in [2.24, 2.45) is 0 Å². The van der Waals surface area contributed by atoms with Crippen molar-refractivity contribution in [2.45, 2.75) is 20.4 Å². The van der Waals surface area contributed by atoms with E-state index >= 15 is 0 Å².